The molecule has 0 radical (unpaired) electrons. The molecule has 2 aromatic rings. The number of nitrogens with one attached hydrogen (secondary N) is 1. The molecule has 2 aliphatic heterocycles. The minimum atomic E-state index is -0.430. The van der Waals surface area contributed by atoms with E-state index in [4.69, 9.17) is 9.72 Å². The number of fused-ring (bicyclic) bond motifs is 2. The van der Waals surface area contributed by atoms with Crippen LogP contribution in [0.2, 0.25) is 0 Å². The highest BCUT2D eigenvalue weighted by molar-refractivity contribution is 5.98. The zero-order valence-electron chi connectivity index (χ0n) is 15.9. The van der Waals surface area contributed by atoms with Crippen molar-refractivity contribution >= 4 is 11.7 Å². The first-order chi connectivity index (χ1) is 13.6. The van der Waals surface area contributed by atoms with Gasteiger partial charge in [-0.25, -0.2) is 4.98 Å². The predicted octanol–water partition coefficient (Wildman–Crippen LogP) is 2.06. The molecule has 7 nitrogen and oxygen atoms in total. The monoisotopic (exact) mass is 380 g/mol. The topological polar surface area (TPSA) is 87.6 Å². The lowest BCUT2D eigenvalue weighted by molar-refractivity contribution is 0.0965. The van der Waals surface area contributed by atoms with Gasteiger partial charge in [0.1, 0.15) is 17.7 Å². The summed E-state index contributed by atoms with van der Waals surface area (Å²) in [7, 11) is 0. The SMILES string of the molecule is Cc1cc2c(nc1N1CCC(Oc3cnc4c(c3)CC[C@H]4O)CC1)CNC2=O. The van der Waals surface area contributed by atoms with Crippen molar-refractivity contribution in [2.24, 2.45) is 0 Å². The lowest BCUT2D eigenvalue weighted by atomic mass is 10.1. The highest BCUT2D eigenvalue weighted by Gasteiger charge is 2.27. The molecule has 1 amide bonds. The molecule has 1 saturated heterocycles. The minimum absolute atomic E-state index is 0.0280. The van der Waals surface area contributed by atoms with Crippen molar-refractivity contribution in [1.29, 1.82) is 0 Å². The van der Waals surface area contributed by atoms with Crippen LogP contribution in [0.5, 0.6) is 5.75 Å². The average Bonchev–Trinajstić information content (AvgIpc) is 3.25. The molecule has 7 heteroatoms. The van der Waals surface area contributed by atoms with Gasteiger partial charge >= 0.3 is 0 Å². The van der Waals surface area contributed by atoms with Crippen LogP contribution < -0.4 is 15.0 Å². The van der Waals surface area contributed by atoms with Crippen LogP contribution in [0.3, 0.4) is 0 Å². The minimum Gasteiger partial charge on any atom is -0.489 e. The van der Waals surface area contributed by atoms with Gasteiger partial charge in [-0.05, 0) is 43.0 Å². The molecule has 2 aromatic heterocycles. The number of hydrogen-bond donors (Lipinski definition) is 2. The molecular formula is C21H24N4O3. The molecule has 28 heavy (non-hydrogen) atoms. The van der Waals surface area contributed by atoms with Crippen molar-refractivity contribution in [1.82, 2.24) is 15.3 Å². The number of aliphatic hydroxyl groups excluding tert-OH is 1. The second kappa shape index (κ2) is 6.74. The smallest absolute Gasteiger partial charge is 0.253 e. The molecule has 1 atom stereocenters. The van der Waals surface area contributed by atoms with Gasteiger partial charge in [-0.15, -0.1) is 0 Å². The molecule has 1 fully saturated rings. The largest absolute Gasteiger partial charge is 0.489 e. The number of carbonyl (C=O) groups excluding carboxylic acids is 1. The zero-order valence-corrected chi connectivity index (χ0v) is 15.9. The molecule has 3 aliphatic rings. The van der Waals surface area contributed by atoms with Gasteiger partial charge < -0.3 is 20.1 Å². The summed E-state index contributed by atoms with van der Waals surface area (Å²) in [6.07, 6.45) is 4.89. The van der Waals surface area contributed by atoms with Crippen molar-refractivity contribution in [3.05, 3.63) is 46.4 Å². The summed E-state index contributed by atoms with van der Waals surface area (Å²) >= 11 is 0. The second-order valence-corrected chi connectivity index (χ2v) is 7.88. The van der Waals surface area contributed by atoms with Crippen molar-refractivity contribution in [3.63, 3.8) is 0 Å². The third-order valence-corrected chi connectivity index (χ3v) is 5.95. The van der Waals surface area contributed by atoms with Gasteiger partial charge in [0.15, 0.2) is 0 Å². The maximum atomic E-state index is 11.8. The van der Waals surface area contributed by atoms with E-state index in [9.17, 15) is 9.90 Å². The lowest BCUT2D eigenvalue weighted by Gasteiger charge is -2.34. The fourth-order valence-corrected chi connectivity index (χ4v) is 4.42. The molecule has 0 aromatic carbocycles. The molecule has 1 aliphatic carbocycles. The Kier molecular flexibility index (Phi) is 4.19. The second-order valence-electron chi connectivity index (χ2n) is 7.88. The van der Waals surface area contributed by atoms with Crippen molar-refractivity contribution in [2.75, 3.05) is 18.0 Å². The molecule has 2 N–H and O–H groups in total. The highest BCUT2D eigenvalue weighted by atomic mass is 16.5. The van der Waals surface area contributed by atoms with Crippen LogP contribution in [-0.4, -0.2) is 40.2 Å². The number of amides is 1. The lowest BCUT2D eigenvalue weighted by Crippen LogP contribution is -2.39. The van der Waals surface area contributed by atoms with Gasteiger partial charge in [-0.2, -0.15) is 0 Å². The van der Waals surface area contributed by atoms with Crippen LogP contribution in [0, 0.1) is 6.92 Å². The molecular weight excluding hydrogens is 356 g/mol. The summed E-state index contributed by atoms with van der Waals surface area (Å²) in [6.45, 7) is 4.27. The van der Waals surface area contributed by atoms with E-state index in [1.165, 1.54) is 0 Å². The van der Waals surface area contributed by atoms with Crippen molar-refractivity contribution in [3.8, 4) is 5.75 Å². The summed E-state index contributed by atoms with van der Waals surface area (Å²) in [5.74, 6) is 1.74. The zero-order chi connectivity index (χ0) is 19.3. The van der Waals surface area contributed by atoms with E-state index in [0.717, 1.165) is 72.9 Å². The first-order valence-corrected chi connectivity index (χ1v) is 9.95. The van der Waals surface area contributed by atoms with E-state index in [-0.39, 0.29) is 12.0 Å². The fraction of sp³-hybridized carbons (Fsp3) is 0.476. The Morgan fingerprint density at radius 2 is 2.07 bits per heavy atom. The van der Waals surface area contributed by atoms with Crippen molar-refractivity contribution in [2.45, 2.75) is 51.4 Å². The maximum Gasteiger partial charge on any atom is 0.253 e. The quantitative estimate of drug-likeness (QED) is 0.848. The number of ether oxygens (including phenoxy) is 1. The Labute approximate surface area is 163 Å². The molecule has 146 valence electrons. The first-order valence-electron chi connectivity index (χ1n) is 9.95. The van der Waals surface area contributed by atoms with Crippen LogP contribution in [0.4, 0.5) is 5.82 Å². The number of aromatic nitrogens is 2. The summed E-state index contributed by atoms with van der Waals surface area (Å²) < 4.78 is 6.17. The number of hydrogen-bond acceptors (Lipinski definition) is 6. The summed E-state index contributed by atoms with van der Waals surface area (Å²) in [5, 5.41) is 12.7. The van der Waals surface area contributed by atoms with Gasteiger partial charge in [0.05, 0.1) is 35.8 Å². The molecule has 5 rings (SSSR count). The number of aryl methyl sites for hydroxylation is 2. The Bertz CT molecular complexity index is 937. The maximum absolute atomic E-state index is 11.8. The van der Waals surface area contributed by atoms with Gasteiger partial charge in [0.2, 0.25) is 0 Å². The number of nitrogens with zero attached hydrogens (tertiary/aromatic N) is 3. The molecule has 0 saturated carbocycles. The number of carbonyl (C=O) groups is 1. The third-order valence-electron chi connectivity index (χ3n) is 5.95. The molecule has 0 bridgehead atoms. The van der Waals surface area contributed by atoms with Crippen LogP contribution in [0.25, 0.3) is 0 Å². The summed E-state index contributed by atoms with van der Waals surface area (Å²) in [6, 6.07) is 3.98. The molecule has 0 unspecified atom stereocenters. The van der Waals surface area contributed by atoms with E-state index in [2.05, 4.69) is 15.2 Å². The first kappa shape index (κ1) is 17.4. The number of pyridine rings is 2. The normalized spacial score (nSPS) is 21.4. The molecule has 0 spiro atoms. The summed E-state index contributed by atoms with van der Waals surface area (Å²) in [4.78, 5) is 23.2. The molecule has 4 heterocycles. The van der Waals surface area contributed by atoms with Gasteiger partial charge in [-0.3, -0.25) is 9.78 Å². The van der Waals surface area contributed by atoms with Gasteiger partial charge in [-0.1, -0.05) is 0 Å². The average molecular weight is 380 g/mol. The van der Waals surface area contributed by atoms with Gasteiger partial charge in [0.25, 0.3) is 5.91 Å². The van der Waals surface area contributed by atoms with Crippen LogP contribution in [0.1, 0.15) is 58.2 Å². The Morgan fingerprint density at radius 1 is 1.25 bits per heavy atom. The fourth-order valence-electron chi connectivity index (χ4n) is 4.42. The van der Waals surface area contributed by atoms with E-state index >= 15 is 0 Å². The Hall–Kier alpha value is -2.67. The van der Waals surface area contributed by atoms with E-state index in [1.54, 1.807) is 6.20 Å². The third kappa shape index (κ3) is 2.99. The van der Waals surface area contributed by atoms with E-state index in [0.29, 0.717) is 12.1 Å². The van der Waals surface area contributed by atoms with Crippen LogP contribution in [-0.2, 0) is 13.0 Å². The number of piperidine rings is 1. The number of rotatable bonds is 3. The van der Waals surface area contributed by atoms with Crippen molar-refractivity contribution < 1.29 is 14.6 Å². The summed E-state index contributed by atoms with van der Waals surface area (Å²) in [5.41, 5.74) is 4.48. The highest BCUT2D eigenvalue weighted by Crippen LogP contribution is 2.32. The standard InChI is InChI=1S/C21H24N4O3/c1-12-8-16-17(11-23-21(16)27)24-20(12)25-6-4-14(5-7-25)28-15-9-13-2-3-18(26)19(13)22-10-15/h8-10,14,18,26H,2-7,11H2,1H3,(H,23,27)/t18-/m1/s1. The van der Waals surface area contributed by atoms with E-state index < -0.39 is 6.10 Å². The number of aliphatic hydroxyl groups is 1. The van der Waals surface area contributed by atoms with Gasteiger partial charge in [0, 0.05) is 25.9 Å². The Balaban J connectivity index is 1.24. The van der Waals surface area contributed by atoms with Crippen LogP contribution >= 0.6 is 0 Å². The Morgan fingerprint density at radius 3 is 2.89 bits per heavy atom. The van der Waals surface area contributed by atoms with E-state index in [1.807, 2.05) is 19.1 Å². The predicted molar refractivity (Wildman–Crippen MR) is 104 cm³/mol. The number of anilines is 1. The van der Waals surface area contributed by atoms with Crippen LogP contribution in [0.15, 0.2) is 18.3 Å².